The Morgan fingerprint density at radius 1 is 0.952 bits per heavy atom. The second kappa shape index (κ2) is 11.4. The molecule has 1 aliphatic carbocycles. The number of amides is 1. The van der Waals surface area contributed by atoms with Gasteiger partial charge in [-0.2, -0.15) is 4.98 Å². The van der Waals surface area contributed by atoms with Crippen LogP contribution in [0.5, 0.6) is 0 Å². The number of hydrogen-bond donors (Lipinski definition) is 3. The molecule has 3 N–H and O–H groups in total. The fourth-order valence-electron chi connectivity index (χ4n) is 3.88. The maximum absolute atomic E-state index is 12.6. The van der Waals surface area contributed by atoms with Crippen LogP contribution in [0.4, 0.5) is 17.2 Å². The van der Waals surface area contributed by atoms with Crippen LogP contribution in [0.3, 0.4) is 0 Å². The second-order valence-corrected chi connectivity index (χ2v) is 13.7. The Hall–Kier alpha value is -4.56. The fourth-order valence-corrected chi connectivity index (χ4v) is 5.29. The summed E-state index contributed by atoms with van der Waals surface area (Å²) in [4.78, 5) is 20.8. The molecular formula is C28H28N6O6S2. The number of benzene rings is 2. The fraction of sp³-hybridized carbons (Fsp3) is 0.214. The standard InChI is InChI=1S/C28H28N6O6S2/c1-28(15-16-28)27(35)29-21-7-3-8-22(18-21)33-42(38,39)17-5-6-19-11-13-20(14-12-19)25-31-26(40-32-25)23-9-4-10-24(30-23)34-41(2,36)37/h3-14,18,33H,15-17H2,1-2H3,(H,29,35)(H,30,34). The zero-order chi connectivity index (χ0) is 30.0. The van der Waals surface area contributed by atoms with E-state index in [9.17, 15) is 21.6 Å². The minimum absolute atomic E-state index is 0.0671. The van der Waals surface area contributed by atoms with E-state index in [-0.39, 0.29) is 28.8 Å². The quantitative estimate of drug-likeness (QED) is 0.223. The second-order valence-electron chi connectivity index (χ2n) is 10.2. The van der Waals surface area contributed by atoms with E-state index < -0.39 is 20.0 Å². The number of carbonyl (C=O) groups excluding carboxylic acids is 1. The van der Waals surface area contributed by atoms with Gasteiger partial charge in [-0.15, -0.1) is 0 Å². The number of nitrogens with one attached hydrogen (secondary N) is 3. The van der Waals surface area contributed by atoms with Gasteiger partial charge in [0.05, 0.1) is 17.7 Å². The Bertz CT molecular complexity index is 1860. The Balaban J connectivity index is 1.18. The van der Waals surface area contributed by atoms with Gasteiger partial charge in [0.15, 0.2) is 0 Å². The van der Waals surface area contributed by atoms with E-state index in [0.717, 1.165) is 24.7 Å². The SMILES string of the molecule is CC1(C(=O)Nc2cccc(NS(=O)(=O)CC=Cc3ccc(-c4noc(-c5cccc(NS(C)(=O)=O)n5)n4)cc3)c2)CC1. The predicted molar refractivity (Wildman–Crippen MR) is 160 cm³/mol. The van der Waals surface area contributed by atoms with Crippen molar-refractivity contribution < 1.29 is 26.2 Å². The number of anilines is 3. The number of aromatic nitrogens is 3. The summed E-state index contributed by atoms with van der Waals surface area (Å²) in [6, 6.07) is 18.4. The van der Waals surface area contributed by atoms with Gasteiger partial charge in [-0.05, 0) is 48.7 Å². The molecule has 14 heteroatoms. The van der Waals surface area contributed by atoms with Crippen LogP contribution < -0.4 is 14.8 Å². The molecule has 0 bridgehead atoms. The first kappa shape index (κ1) is 29.0. The largest absolute Gasteiger partial charge is 0.332 e. The van der Waals surface area contributed by atoms with Crippen molar-refractivity contribution >= 4 is 49.2 Å². The van der Waals surface area contributed by atoms with Crippen molar-refractivity contribution in [2.45, 2.75) is 19.8 Å². The molecule has 0 spiro atoms. The molecule has 1 saturated carbocycles. The van der Waals surface area contributed by atoms with Crippen LogP contribution in [-0.2, 0) is 24.8 Å². The third-order valence-corrected chi connectivity index (χ3v) is 8.18. The molecule has 4 aromatic rings. The first-order valence-electron chi connectivity index (χ1n) is 12.9. The molecule has 12 nitrogen and oxygen atoms in total. The van der Waals surface area contributed by atoms with Gasteiger partial charge >= 0.3 is 0 Å². The topological polar surface area (TPSA) is 173 Å². The van der Waals surface area contributed by atoms with Crippen molar-refractivity contribution in [1.29, 1.82) is 0 Å². The van der Waals surface area contributed by atoms with Crippen LogP contribution in [0.15, 0.2) is 77.3 Å². The lowest BCUT2D eigenvalue weighted by atomic mass is 10.1. The monoisotopic (exact) mass is 608 g/mol. The van der Waals surface area contributed by atoms with Gasteiger partial charge in [-0.25, -0.2) is 21.8 Å². The minimum atomic E-state index is -3.68. The molecule has 218 valence electrons. The number of carbonyl (C=O) groups is 1. The highest BCUT2D eigenvalue weighted by Gasteiger charge is 2.44. The van der Waals surface area contributed by atoms with Crippen molar-refractivity contribution in [2.75, 3.05) is 26.8 Å². The highest BCUT2D eigenvalue weighted by Crippen LogP contribution is 2.45. The van der Waals surface area contributed by atoms with Crippen LogP contribution in [0.2, 0.25) is 0 Å². The molecule has 0 atom stereocenters. The molecule has 42 heavy (non-hydrogen) atoms. The third kappa shape index (κ3) is 7.59. The van der Waals surface area contributed by atoms with Crippen LogP contribution in [0.1, 0.15) is 25.3 Å². The number of rotatable bonds is 11. The molecular weight excluding hydrogens is 580 g/mol. The van der Waals surface area contributed by atoms with Crippen LogP contribution in [0, 0.1) is 5.41 Å². The lowest BCUT2D eigenvalue weighted by molar-refractivity contribution is -0.120. The molecule has 0 saturated heterocycles. The lowest BCUT2D eigenvalue weighted by Gasteiger charge is -2.12. The van der Waals surface area contributed by atoms with Gasteiger partial charge in [0.25, 0.3) is 5.89 Å². The molecule has 1 fully saturated rings. The molecule has 0 aliphatic heterocycles. The summed E-state index contributed by atoms with van der Waals surface area (Å²) >= 11 is 0. The highest BCUT2D eigenvalue weighted by atomic mass is 32.2. The first-order chi connectivity index (χ1) is 19.9. The van der Waals surface area contributed by atoms with Gasteiger partial charge in [-0.3, -0.25) is 14.2 Å². The normalized spacial score (nSPS) is 14.4. The van der Waals surface area contributed by atoms with Crippen molar-refractivity contribution in [3.8, 4) is 23.0 Å². The summed E-state index contributed by atoms with van der Waals surface area (Å²) in [6.45, 7) is 1.90. The van der Waals surface area contributed by atoms with E-state index in [1.165, 1.54) is 12.1 Å². The minimum Gasteiger partial charge on any atom is -0.332 e. The van der Waals surface area contributed by atoms with Crippen LogP contribution >= 0.6 is 0 Å². The Morgan fingerprint density at radius 2 is 1.67 bits per heavy atom. The van der Waals surface area contributed by atoms with Gasteiger partial charge in [0, 0.05) is 16.7 Å². The van der Waals surface area contributed by atoms with E-state index in [0.29, 0.717) is 28.5 Å². The number of pyridine rings is 1. The molecule has 2 heterocycles. The summed E-state index contributed by atoms with van der Waals surface area (Å²) in [5.74, 6) is 0.234. The average molecular weight is 609 g/mol. The molecule has 1 amide bonds. The first-order valence-corrected chi connectivity index (χ1v) is 16.4. The number of sulfonamides is 2. The summed E-state index contributed by atoms with van der Waals surface area (Å²) in [5, 5.41) is 6.82. The van der Waals surface area contributed by atoms with E-state index >= 15 is 0 Å². The smallest absolute Gasteiger partial charge is 0.276 e. The summed E-state index contributed by atoms with van der Waals surface area (Å²) in [7, 11) is -7.17. The summed E-state index contributed by atoms with van der Waals surface area (Å²) in [6.07, 6.45) is 5.94. The Kier molecular flexibility index (Phi) is 7.84. The van der Waals surface area contributed by atoms with Gasteiger partial charge in [-0.1, -0.05) is 60.6 Å². The summed E-state index contributed by atoms with van der Waals surface area (Å²) < 4.78 is 58.3. The molecule has 0 radical (unpaired) electrons. The van der Waals surface area contributed by atoms with Crippen molar-refractivity contribution in [2.24, 2.45) is 5.41 Å². The van der Waals surface area contributed by atoms with Crippen LogP contribution in [0.25, 0.3) is 29.0 Å². The maximum Gasteiger partial charge on any atom is 0.276 e. The molecule has 5 rings (SSSR count). The van der Waals surface area contributed by atoms with Crippen LogP contribution in [-0.4, -0.2) is 49.9 Å². The Morgan fingerprint density at radius 3 is 2.38 bits per heavy atom. The third-order valence-electron chi connectivity index (χ3n) is 6.42. The highest BCUT2D eigenvalue weighted by molar-refractivity contribution is 7.92. The van der Waals surface area contributed by atoms with E-state index in [2.05, 4.69) is 29.9 Å². The Labute approximate surface area is 243 Å². The van der Waals surface area contributed by atoms with E-state index in [4.69, 9.17) is 4.52 Å². The number of hydrogen-bond acceptors (Lipinski definition) is 9. The number of nitrogens with zero attached hydrogens (tertiary/aromatic N) is 3. The molecule has 1 aliphatic rings. The zero-order valence-electron chi connectivity index (χ0n) is 22.7. The van der Waals surface area contributed by atoms with Gasteiger partial charge in [0.1, 0.15) is 11.5 Å². The van der Waals surface area contributed by atoms with E-state index in [1.807, 2.05) is 6.92 Å². The average Bonchev–Trinajstić information content (AvgIpc) is 3.48. The predicted octanol–water partition coefficient (Wildman–Crippen LogP) is 4.36. The zero-order valence-corrected chi connectivity index (χ0v) is 24.4. The molecule has 0 unspecified atom stereocenters. The van der Waals surface area contributed by atoms with Crippen molar-refractivity contribution in [3.63, 3.8) is 0 Å². The molecule has 2 aromatic carbocycles. The maximum atomic E-state index is 12.6. The van der Waals surface area contributed by atoms with Crippen molar-refractivity contribution in [1.82, 2.24) is 15.1 Å². The lowest BCUT2D eigenvalue weighted by Crippen LogP contribution is -2.21. The van der Waals surface area contributed by atoms with Gasteiger partial charge in [0.2, 0.25) is 31.8 Å². The molecule has 2 aromatic heterocycles. The van der Waals surface area contributed by atoms with Gasteiger partial charge < -0.3 is 9.84 Å². The summed E-state index contributed by atoms with van der Waals surface area (Å²) in [5.41, 5.74) is 2.28. The van der Waals surface area contributed by atoms with E-state index in [1.54, 1.807) is 66.7 Å². The van der Waals surface area contributed by atoms with Crippen molar-refractivity contribution in [3.05, 3.63) is 78.4 Å².